The number of aryl methyl sites for hydroxylation is 1. The van der Waals surface area contributed by atoms with E-state index in [0.29, 0.717) is 12.3 Å². The van der Waals surface area contributed by atoms with Crippen molar-refractivity contribution in [1.82, 2.24) is 15.3 Å². The lowest BCUT2D eigenvalue weighted by atomic mass is 9.89. The number of H-pyrrole nitrogens is 1. The molecule has 5 nitrogen and oxygen atoms in total. The molecule has 2 heterocycles. The van der Waals surface area contributed by atoms with E-state index in [9.17, 15) is 4.79 Å². The number of pyridine rings is 1. The SMILES string of the molecule is O=C(CCc1ccc(Oc2ccnc3[nH]ccc23)cc1)NCC1CCCCC1. The van der Waals surface area contributed by atoms with Crippen molar-refractivity contribution in [2.24, 2.45) is 5.92 Å². The highest BCUT2D eigenvalue weighted by Gasteiger charge is 2.14. The van der Waals surface area contributed by atoms with Crippen molar-refractivity contribution in [1.29, 1.82) is 0 Å². The molecule has 1 aliphatic carbocycles. The molecule has 2 N–H and O–H groups in total. The van der Waals surface area contributed by atoms with E-state index < -0.39 is 0 Å². The number of hydrogen-bond acceptors (Lipinski definition) is 3. The van der Waals surface area contributed by atoms with Crippen LogP contribution in [0.25, 0.3) is 11.0 Å². The minimum absolute atomic E-state index is 0.150. The molecule has 1 aromatic carbocycles. The third-order valence-corrected chi connectivity index (χ3v) is 5.52. The van der Waals surface area contributed by atoms with Crippen LogP contribution in [0, 0.1) is 5.92 Å². The molecule has 3 aromatic rings. The van der Waals surface area contributed by atoms with Crippen LogP contribution in [-0.4, -0.2) is 22.4 Å². The van der Waals surface area contributed by atoms with Crippen molar-refractivity contribution >= 4 is 16.9 Å². The average Bonchev–Trinajstić information content (AvgIpc) is 3.22. The van der Waals surface area contributed by atoms with Crippen molar-refractivity contribution in [3.63, 3.8) is 0 Å². The highest BCUT2D eigenvalue weighted by Crippen LogP contribution is 2.28. The molecular formula is C23H27N3O2. The van der Waals surface area contributed by atoms with Gasteiger partial charge in [0, 0.05) is 25.4 Å². The Morgan fingerprint density at radius 1 is 1.11 bits per heavy atom. The van der Waals surface area contributed by atoms with E-state index in [1.54, 1.807) is 6.20 Å². The summed E-state index contributed by atoms with van der Waals surface area (Å²) in [6.45, 7) is 0.838. The molecule has 0 bridgehead atoms. The number of aromatic nitrogens is 2. The minimum Gasteiger partial charge on any atom is -0.457 e. The molecule has 0 saturated heterocycles. The number of fused-ring (bicyclic) bond motifs is 1. The van der Waals surface area contributed by atoms with Gasteiger partial charge in [-0.3, -0.25) is 4.79 Å². The van der Waals surface area contributed by atoms with Crippen LogP contribution < -0.4 is 10.1 Å². The zero-order valence-electron chi connectivity index (χ0n) is 16.1. The van der Waals surface area contributed by atoms with Crippen molar-refractivity contribution in [3.05, 3.63) is 54.4 Å². The van der Waals surface area contributed by atoms with Gasteiger partial charge in [-0.1, -0.05) is 31.4 Å². The largest absolute Gasteiger partial charge is 0.457 e. The summed E-state index contributed by atoms with van der Waals surface area (Å²) in [5.41, 5.74) is 1.95. The predicted octanol–water partition coefficient (Wildman–Crippen LogP) is 4.98. The lowest BCUT2D eigenvalue weighted by Crippen LogP contribution is -2.30. The summed E-state index contributed by atoms with van der Waals surface area (Å²) in [6.07, 6.45) is 11.3. The molecule has 1 amide bonds. The van der Waals surface area contributed by atoms with Gasteiger partial charge in [0.1, 0.15) is 17.1 Å². The number of rotatable bonds is 7. The monoisotopic (exact) mass is 377 g/mol. The molecule has 28 heavy (non-hydrogen) atoms. The molecule has 1 fully saturated rings. The van der Waals surface area contributed by atoms with Crippen LogP contribution in [-0.2, 0) is 11.2 Å². The van der Waals surface area contributed by atoms with Crippen molar-refractivity contribution in [3.8, 4) is 11.5 Å². The minimum atomic E-state index is 0.150. The number of carbonyl (C=O) groups is 1. The fraction of sp³-hybridized carbons (Fsp3) is 0.391. The molecule has 4 rings (SSSR count). The molecule has 0 aliphatic heterocycles. The van der Waals surface area contributed by atoms with Crippen molar-refractivity contribution in [2.75, 3.05) is 6.54 Å². The fourth-order valence-electron chi connectivity index (χ4n) is 3.87. The smallest absolute Gasteiger partial charge is 0.220 e. The van der Waals surface area contributed by atoms with Gasteiger partial charge in [0.05, 0.1) is 5.39 Å². The summed E-state index contributed by atoms with van der Waals surface area (Å²) in [7, 11) is 0. The average molecular weight is 377 g/mol. The van der Waals surface area contributed by atoms with E-state index in [-0.39, 0.29) is 5.91 Å². The maximum Gasteiger partial charge on any atom is 0.220 e. The van der Waals surface area contributed by atoms with E-state index in [1.165, 1.54) is 32.1 Å². The van der Waals surface area contributed by atoms with Crippen LogP contribution in [0.5, 0.6) is 11.5 Å². The van der Waals surface area contributed by atoms with Gasteiger partial charge in [-0.2, -0.15) is 0 Å². The van der Waals surface area contributed by atoms with Crippen LogP contribution in [0.15, 0.2) is 48.8 Å². The number of nitrogens with zero attached hydrogens (tertiary/aromatic N) is 1. The molecule has 0 unspecified atom stereocenters. The first-order valence-electron chi connectivity index (χ1n) is 10.2. The first-order chi connectivity index (χ1) is 13.8. The highest BCUT2D eigenvalue weighted by molar-refractivity contribution is 5.82. The van der Waals surface area contributed by atoms with Gasteiger partial charge in [-0.25, -0.2) is 4.98 Å². The van der Waals surface area contributed by atoms with Crippen LogP contribution in [0.2, 0.25) is 0 Å². The Morgan fingerprint density at radius 2 is 1.93 bits per heavy atom. The number of aromatic amines is 1. The van der Waals surface area contributed by atoms with E-state index in [0.717, 1.165) is 41.1 Å². The summed E-state index contributed by atoms with van der Waals surface area (Å²) in [5.74, 6) is 2.38. The van der Waals surface area contributed by atoms with Gasteiger partial charge in [0.25, 0.3) is 0 Å². The van der Waals surface area contributed by atoms with E-state index in [4.69, 9.17) is 4.74 Å². The topological polar surface area (TPSA) is 67.0 Å². The van der Waals surface area contributed by atoms with Gasteiger partial charge in [0.15, 0.2) is 0 Å². The van der Waals surface area contributed by atoms with E-state index in [1.807, 2.05) is 42.6 Å². The third-order valence-electron chi connectivity index (χ3n) is 5.52. The number of ether oxygens (including phenoxy) is 1. The number of amides is 1. The van der Waals surface area contributed by atoms with E-state index >= 15 is 0 Å². The van der Waals surface area contributed by atoms with Gasteiger partial charge < -0.3 is 15.0 Å². The van der Waals surface area contributed by atoms with Crippen LogP contribution in [0.1, 0.15) is 44.1 Å². The summed E-state index contributed by atoms with van der Waals surface area (Å²) in [5, 5.41) is 4.07. The van der Waals surface area contributed by atoms with Gasteiger partial charge in [-0.05, 0) is 55.0 Å². The van der Waals surface area contributed by atoms with Crippen molar-refractivity contribution < 1.29 is 9.53 Å². The van der Waals surface area contributed by atoms with Gasteiger partial charge >= 0.3 is 0 Å². The Labute approximate surface area is 165 Å². The summed E-state index contributed by atoms with van der Waals surface area (Å²) >= 11 is 0. The van der Waals surface area contributed by atoms with Crippen molar-refractivity contribution in [2.45, 2.75) is 44.9 Å². The number of carbonyl (C=O) groups excluding carboxylic acids is 1. The summed E-state index contributed by atoms with van der Waals surface area (Å²) in [4.78, 5) is 19.5. The lowest BCUT2D eigenvalue weighted by molar-refractivity contribution is -0.121. The molecule has 1 saturated carbocycles. The first-order valence-corrected chi connectivity index (χ1v) is 10.2. The molecule has 0 radical (unpaired) electrons. The highest BCUT2D eigenvalue weighted by atomic mass is 16.5. The maximum atomic E-state index is 12.1. The number of nitrogens with one attached hydrogen (secondary N) is 2. The standard InChI is InChI=1S/C23H27N3O2/c27-22(26-16-18-4-2-1-3-5-18)11-8-17-6-9-19(10-7-17)28-21-13-15-25-23-20(21)12-14-24-23/h6-7,9-10,12-15,18H,1-5,8,11,16H2,(H,24,25)(H,26,27). The number of benzene rings is 1. The lowest BCUT2D eigenvalue weighted by Gasteiger charge is -2.21. The Hall–Kier alpha value is -2.82. The molecule has 0 atom stereocenters. The quantitative estimate of drug-likeness (QED) is 0.610. The summed E-state index contributed by atoms with van der Waals surface area (Å²) < 4.78 is 6.00. The van der Waals surface area contributed by atoms with Gasteiger partial charge in [0.2, 0.25) is 5.91 Å². The second-order valence-corrected chi connectivity index (χ2v) is 7.60. The molecular weight excluding hydrogens is 350 g/mol. The molecule has 146 valence electrons. The predicted molar refractivity (Wildman–Crippen MR) is 111 cm³/mol. The van der Waals surface area contributed by atoms with Gasteiger partial charge in [-0.15, -0.1) is 0 Å². The fourth-order valence-corrected chi connectivity index (χ4v) is 3.87. The second kappa shape index (κ2) is 8.91. The summed E-state index contributed by atoms with van der Waals surface area (Å²) in [6, 6.07) is 11.8. The maximum absolute atomic E-state index is 12.1. The molecule has 1 aliphatic rings. The first kappa shape index (κ1) is 18.5. The molecule has 2 aromatic heterocycles. The zero-order valence-corrected chi connectivity index (χ0v) is 16.1. The Kier molecular flexibility index (Phi) is 5.90. The Morgan fingerprint density at radius 3 is 2.75 bits per heavy atom. The second-order valence-electron chi connectivity index (χ2n) is 7.60. The Bertz CT molecular complexity index is 911. The normalized spacial score (nSPS) is 14.9. The van der Waals surface area contributed by atoms with Crippen LogP contribution >= 0.6 is 0 Å². The molecule has 5 heteroatoms. The zero-order chi connectivity index (χ0) is 19.2. The third kappa shape index (κ3) is 4.71. The van der Waals surface area contributed by atoms with Crippen LogP contribution in [0.4, 0.5) is 0 Å². The van der Waals surface area contributed by atoms with Crippen LogP contribution in [0.3, 0.4) is 0 Å². The Balaban J connectivity index is 1.26. The van der Waals surface area contributed by atoms with E-state index in [2.05, 4.69) is 15.3 Å². The molecule has 0 spiro atoms. The number of hydrogen-bond donors (Lipinski definition) is 2.